The lowest BCUT2D eigenvalue weighted by Crippen LogP contribution is -1.97. The van der Waals surface area contributed by atoms with Gasteiger partial charge in [0.05, 0.1) is 0 Å². The van der Waals surface area contributed by atoms with Crippen molar-refractivity contribution >= 4 is 39.7 Å². The van der Waals surface area contributed by atoms with Gasteiger partial charge in [0.25, 0.3) is 0 Å². The van der Waals surface area contributed by atoms with Crippen molar-refractivity contribution in [3.63, 3.8) is 0 Å². The SMILES string of the molecule is [2H]C([2H])([2H])Sc1nc(N)cc(Oc2ccc(-c3nnc(Nc4cccc(C)c4)s3)cc2)n1. The topological polar surface area (TPSA) is 98.8 Å². The first-order chi connectivity index (χ1) is 15.2. The number of aryl methyl sites for hydroxylation is 1. The lowest BCUT2D eigenvalue weighted by atomic mass is 10.2. The molecule has 0 atom stereocenters. The van der Waals surface area contributed by atoms with Crippen LogP contribution in [0.5, 0.6) is 11.6 Å². The van der Waals surface area contributed by atoms with Gasteiger partial charge in [-0.2, -0.15) is 4.98 Å². The number of aromatic nitrogens is 4. The van der Waals surface area contributed by atoms with Crippen molar-refractivity contribution < 1.29 is 8.85 Å². The molecule has 2 heterocycles. The summed E-state index contributed by atoms with van der Waals surface area (Å²) in [5.41, 5.74) is 8.74. The molecule has 3 N–H and O–H groups in total. The van der Waals surface area contributed by atoms with Gasteiger partial charge in [0.2, 0.25) is 11.0 Å². The summed E-state index contributed by atoms with van der Waals surface area (Å²) in [5.74, 6) is 0.803. The number of benzene rings is 2. The maximum Gasteiger partial charge on any atom is 0.225 e. The van der Waals surface area contributed by atoms with Crippen molar-refractivity contribution in [3.05, 3.63) is 60.2 Å². The molecule has 0 aliphatic carbocycles. The van der Waals surface area contributed by atoms with Gasteiger partial charge >= 0.3 is 0 Å². The molecular formula is C20H18N6OS2. The van der Waals surface area contributed by atoms with Gasteiger partial charge in [-0.05, 0) is 55.1 Å². The third-order valence-corrected chi connectivity index (χ3v) is 5.06. The van der Waals surface area contributed by atoms with Gasteiger partial charge in [0.15, 0.2) is 5.16 Å². The van der Waals surface area contributed by atoms with Crippen molar-refractivity contribution in [2.45, 2.75) is 12.1 Å². The summed E-state index contributed by atoms with van der Waals surface area (Å²) in [6, 6.07) is 16.7. The third-order valence-electron chi connectivity index (χ3n) is 3.81. The number of thioether (sulfide) groups is 1. The second-order valence-corrected chi connectivity index (χ2v) is 7.60. The van der Waals surface area contributed by atoms with E-state index in [1.807, 2.05) is 43.3 Å². The van der Waals surface area contributed by atoms with Crippen LogP contribution in [0.15, 0.2) is 59.8 Å². The summed E-state index contributed by atoms with van der Waals surface area (Å²) in [6.07, 6.45) is -2.28. The van der Waals surface area contributed by atoms with Crippen LogP contribution >= 0.6 is 23.1 Å². The van der Waals surface area contributed by atoms with Gasteiger partial charge in [-0.15, -0.1) is 10.2 Å². The van der Waals surface area contributed by atoms with E-state index >= 15 is 0 Å². The Hall–Kier alpha value is -3.17. The quantitative estimate of drug-likeness (QED) is 0.323. The average molecular weight is 426 g/mol. The largest absolute Gasteiger partial charge is 0.439 e. The molecular weight excluding hydrogens is 404 g/mol. The fraction of sp³-hybridized carbons (Fsp3) is 0.100. The molecule has 9 heteroatoms. The molecule has 0 bridgehead atoms. The highest BCUT2D eigenvalue weighted by molar-refractivity contribution is 7.98. The molecule has 0 saturated heterocycles. The van der Waals surface area contributed by atoms with Crippen molar-refractivity contribution in [1.29, 1.82) is 0 Å². The van der Waals surface area contributed by atoms with Gasteiger partial charge in [-0.25, -0.2) is 4.98 Å². The maximum atomic E-state index is 7.33. The number of nitrogen functional groups attached to an aromatic ring is 1. The molecule has 2 aromatic heterocycles. The van der Waals surface area contributed by atoms with Crippen LogP contribution in [0, 0.1) is 6.92 Å². The van der Waals surface area contributed by atoms with Gasteiger partial charge in [-0.3, -0.25) is 0 Å². The first-order valence-corrected chi connectivity index (χ1v) is 10.2. The molecule has 0 fully saturated rings. The molecule has 0 unspecified atom stereocenters. The molecule has 4 rings (SSSR count). The lowest BCUT2D eigenvalue weighted by molar-refractivity contribution is 0.456. The van der Waals surface area contributed by atoms with Crippen LogP contribution in [0.25, 0.3) is 10.6 Å². The number of ether oxygens (including phenoxy) is 1. The molecule has 0 saturated carbocycles. The van der Waals surface area contributed by atoms with Crippen LogP contribution in [0.2, 0.25) is 0 Å². The van der Waals surface area contributed by atoms with Crippen LogP contribution in [-0.4, -0.2) is 26.3 Å². The van der Waals surface area contributed by atoms with Gasteiger partial charge < -0.3 is 15.8 Å². The highest BCUT2D eigenvalue weighted by Gasteiger charge is 2.09. The van der Waals surface area contributed by atoms with Crippen LogP contribution in [0.4, 0.5) is 16.6 Å². The predicted octanol–water partition coefficient (Wildman–Crippen LogP) is 5.14. The normalized spacial score (nSPS) is 12.7. The number of hydrogen-bond acceptors (Lipinski definition) is 9. The lowest BCUT2D eigenvalue weighted by Gasteiger charge is -2.07. The molecule has 0 aliphatic rings. The molecule has 0 radical (unpaired) electrons. The Balaban J connectivity index is 1.45. The molecule has 29 heavy (non-hydrogen) atoms. The number of nitrogens with two attached hydrogens (primary N) is 1. The van der Waals surface area contributed by atoms with E-state index in [-0.39, 0.29) is 16.9 Å². The van der Waals surface area contributed by atoms with Crippen LogP contribution in [-0.2, 0) is 0 Å². The first-order valence-electron chi connectivity index (χ1n) is 10.0. The number of rotatable bonds is 6. The van der Waals surface area contributed by atoms with E-state index in [2.05, 4.69) is 25.5 Å². The second kappa shape index (κ2) is 8.46. The zero-order valence-electron chi connectivity index (χ0n) is 18.3. The van der Waals surface area contributed by atoms with E-state index in [4.69, 9.17) is 14.6 Å². The van der Waals surface area contributed by atoms with Crippen LogP contribution in [0.1, 0.15) is 9.68 Å². The first kappa shape index (κ1) is 15.7. The Morgan fingerprint density at radius 1 is 1.10 bits per heavy atom. The summed E-state index contributed by atoms with van der Waals surface area (Å²) in [7, 11) is 0. The van der Waals surface area contributed by atoms with Crippen molar-refractivity contribution in [2.75, 3.05) is 17.2 Å². The molecule has 7 nitrogen and oxygen atoms in total. The standard InChI is InChI=1S/C20H18N6OS2/c1-12-4-3-5-14(10-12)22-20-26-25-18(29-20)13-6-8-15(9-7-13)27-17-11-16(21)23-19(24-17)28-2/h3-11H,1-2H3,(H,22,26)(H2,21,23,24)/i2D3. The minimum absolute atomic E-state index is 0.0270. The zero-order valence-corrected chi connectivity index (χ0v) is 16.9. The molecule has 0 aliphatic heterocycles. The fourth-order valence-corrected chi connectivity index (χ4v) is 3.60. The molecule has 0 amide bonds. The smallest absolute Gasteiger partial charge is 0.225 e. The van der Waals surface area contributed by atoms with E-state index in [9.17, 15) is 0 Å². The van der Waals surface area contributed by atoms with Crippen LogP contribution < -0.4 is 15.8 Å². The Labute approximate surface area is 180 Å². The minimum Gasteiger partial charge on any atom is -0.439 e. The third kappa shape index (κ3) is 4.82. The number of nitrogens with zero attached hydrogens (tertiary/aromatic N) is 4. The van der Waals surface area contributed by atoms with E-state index < -0.39 is 6.18 Å². The Morgan fingerprint density at radius 2 is 1.97 bits per heavy atom. The number of nitrogens with one attached hydrogen (secondary N) is 1. The monoisotopic (exact) mass is 425 g/mol. The van der Waals surface area contributed by atoms with E-state index in [0.717, 1.165) is 21.8 Å². The van der Waals surface area contributed by atoms with Gasteiger partial charge in [0, 0.05) is 21.4 Å². The second-order valence-electron chi connectivity index (χ2n) is 6.05. The number of hydrogen-bond donors (Lipinski definition) is 2. The Morgan fingerprint density at radius 3 is 2.76 bits per heavy atom. The van der Waals surface area contributed by atoms with E-state index in [0.29, 0.717) is 22.6 Å². The van der Waals surface area contributed by atoms with Crippen molar-refractivity contribution in [1.82, 2.24) is 20.2 Å². The predicted molar refractivity (Wildman–Crippen MR) is 118 cm³/mol. The summed E-state index contributed by atoms with van der Waals surface area (Å²) in [4.78, 5) is 8.03. The summed E-state index contributed by atoms with van der Waals surface area (Å²) < 4.78 is 27.7. The molecule has 4 aromatic rings. The molecule has 146 valence electrons. The van der Waals surface area contributed by atoms with Crippen molar-refractivity contribution in [3.8, 4) is 22.2 Å². The van der Waals surface area contributed by atoms with Gasteiger partial charge in [-0.1, -0.05) is 35.2 Å². The fourth-order valence-electron chi connectivity index (χ4n) is 2.54. The molecule has 0 spiro atoms. The summed E-state index contributed by atoms with van der Waals surface area (Å²) >= 11 is 1.98. The Bertz CT molecular complexity index is 1230. The van der Waals surface area contributed by atoms with Crippen molar-refractivity contribution in [2.24, 2.45) is 0 Å². The highest BCUT2D eigenvalue weighted by atomic mass is 32.2. The maximum absolute atomic E-state index is 7.33. The van der Waals surface area contributed by atoms with Gasteiger partial charge in [0.1, 0.15) is 16.6 Å². The minimum atomic E-state index is -2.28. The van der Waals surface area contributed by atoms with Crippen LogP contribution in [0.3, 0.4) is 0 Å². The molecule has 2 aromatic carbocycles. The average Bonchev–Trinajstić information content (AvgIpc) is 3.15. The van der Waals surface area contributed by atoms with E-state index in [1.54, 1.807) is 12.1 Å². The van der Waals surface area contributed by atoms with E-state index in [1.165, 1.54) is 17.4 Å². The summed E-state index contributed by atoms with van der Waals surface area (Å²) in [6.45, 7) is 2.03. The number of anilines is 3. The highest BCUT2D eigenvalue weighted by Crippen LogP contribution is 2.31. The Kier molecular flexibility index (Phi) is 4.58. The zero-order chi connectivity index (χ0) is 22.7. The summed E-state index contributed by atoms with van der Waals surface area (Å²) in [5, 5.41) is 13.2.